The van der Waals surface area contributed by atoms with Crippen LogP contribution in [0.5, 0.6) is 0 Å². The van der Waals surface area contributed by atoms with Crippen molar-refractivity contribution in [1.82, 2.24) is 19.5 Å². The highest BCUT2D eigenvalue weighted by Gasteiger charge is 2.22. The molecule has 13 aromatic rings. The normalized spacial score (nSPS) is 11.9. The Morgan fingerprint density at radius 1 is 0.361 bits per heavy atom. The minimum absolute atomic E-state index is 0.571. The summed E-state index contributed by atoms with van der Waals surface area (Å²) in [6.45, 7) is 0. The van der Waals surface area contributed by atoms with Gasteiger partial charge in [0.15, 0.2) is 17.5 Å². The predicted octanol–water partition coefficient (Wildman–Crippen LogP) is 14.6. The Labute approximate surface area is 348 Å². The van der Waals surface area contributed by atoms with E-state index < -0.39 is 0 Å². The number of nitrogens with zero attached hydrogens (tertiary/aromatic N) is 4. The maximum absolute atomic E-state index is 6.65. The van der Waals surface area contributed by atoms with E-state index in [9.17, 15) is 0 Å². The van der Waals surface area contributed by atoms with Crippen LogP contribution in [0.1, 0.15) is 0 Å². The molecule has 0 fully saturated rings. The number of rotatable bonds is 5. The highest BCUT2D eigenvalue weighted by Crippen LogP contribution is 2.44. The van der Waals surface area contributed by atoms with Gasteiger partial charge >= 0.3 is 0 Å². The number of aromatic nitrogens is 4. The van der Waals surface area contributed by atoms with Gasteiger partial charge in [0.25, 0.3) is 0 Å². The van der Waals surface area contributed by atoms with Gasteiger partial charge in [0.2, 0.25) is 0 Å². The van der Waals surface area contributed by atoms with E-state index in [1.54, 1.807) is 0 Å². The Hall–Kier alpha value is -8.35. The van der Waals surface area contributed by atoms with Crippen LogP contribution in [0.15, 0.2) is 203 Å². The van der Waals surface area contributed by atoms with E-state index in [0.717, 1.165) is 93.8 Å². The maximum atomic E-state index is 6.65. The van der Waals surface area contributed by atoms with Crippen molar-refractivity contribution < 1.29 is 8.83 Å². The van der Waals surface area contributed by atoms with Crippen molar-refractivity contribution in [2.24, 2.45) is 0 Å². The topological polar surface area (TPSA) is 69.9 Å². The van der Waals surface area contributed by atoms with Crippen molar-refractivity contribution in [2.75, 3.05) is 0 Å². The summed E-state index contributed by atoms with van der Waals surface area (Å²) >= 11 is 0. The van der Waals surface area contributed by atoms with Crippen molar-refractivity contribution in [3.8, 4) is 51.0 Å². The maximum Gasteiger partial charge on any atom is 0.164 e. The quantitative estimate of drug-likeness (QED) is 0.174. The summed E-state index contributed by atoms with van der Waals surface area (Å²) in [4.78, 5) is 15.4. The molecule has 0 aliphatic rings. The molecular formula is C55H32N4O2. The van der Waals surface area contributed by atoms with Crippen LogP contribution in [0.3, 0.4) is 0 Å². The van der Waals surface area contributed by atoms with Crippen LogP contribution in [-0.4, -0.2) is 19.5 Å². The Morgan fingerprint density at radius 3 is 1.77 bits per heavy atom. The second-order valence-corrected chi connectivity index (χ2v) is 15.5. The molecule has 284 valence electrons. The molecule has 4 heterocycles. The summed E-state index contributed by atoms with van der Waals surface area (Å²) in [5.74, 6) is 1.75. The number of furan rings is 2. The molecule has 0 radical (unpaired) electrons. The van der Waals surface area contributed by atoms with Gasteiger partial charge in [0.05, 0.1) is 11.0 Å². The van der Waals surface area contributed by atoms with Gasteiger partial charge in [-0.2, -0.15) is 0 Å². The highest BCUT2D eigenvalue weighted by atomic mass is 16.3. The fourth-order valence-electron chi connectivity index (χ4n) is 9.28. The van der Waals surface area contributed by atoms with Crippen LogP contribution >= 0.6 is 0 Å². The van der Waals surface area contributed by atoms with E-state index in [0.29, 0.717) is 17.5 Å². The van der Waals surface area contributed by atoms with Gasteiger partial charge in [-0.1, -0.05) is 152 Å². The molecule has 6 nitrogen and oxygen atoms in total. The van der Waals surface area contributed by atoms with E-state index in [1.807, 2.05) is 66.7 Å². The summed E-state index contributed by atoms with van der Waals surface area (Å²) in [6.07, 6.45) is 0. The summed E-state index contributed by atoms with van der Waals surface area (Å²) in [7, 11) is 0. The lowest BCUT2D eigenvalue weighted by atomic mass is 9.98. The molecule has 61 heavy (non-hydrogen) atoms. The summed E-state index contributed by atoms with van der Waals surface area (Å²) in [5, 5.41) is 9.10. The van der Waals surface area contributed by atoms with Gasteiger partial charge in [0, 0.05) is 65.8 Å². The fraction of sp³-hybridized carbons (Fsp3) is 0. The molecule has 13 rings (SSSR count). The zero-order chi connectivity index (χ0) is 40.0. The second kappa shape index (κ2) is 13.1. The van der Waals surface area contributed by atoms with Crippen LogP contribution < -0.4 is 0 Å². The Morgan fingerprint density at radius 2 is 0.951 bits per heavy atom. The van der Waals surface area contributed by atoms with Crippen LogP contribution in [0, 0.1) is 0 Å². The Kier molecular flexibility index (Phi) is 7.21. The van der Waals surface area contributed by atoms with Crippen molar-refractivity contribution in [3.05, 3.63) is 194 Å². The average molecular weight is 781 g/mol. The zero-order valence-corrected chi connectivity index (χ0v) is 32.6. The minimum Gasteiger partial charge on any atom is -0.456 e. The molecule has 0 amide bonds. The van der Waals surface area contributed by atoms with Crippen LogP contribution in [0.25, 0.3) is 127 Å². The largest absolute Gasteiger partial charge is 0.456 e. The summed E-state index contributed by atoms with van der Waals surface area (Å²) < 4.78 is 15.3. The molecule has 0 atom stereocenters. The molecule has 0 unspecified atom stereocenters. The van der Waals surface area contributed by atoms with Gasteiger partial charge in [-0.25, -0.2) is 15.0 Å². The lowest BCUT2D eigenvalue weighted by Gasteiger charge is -2.14. The smallest absolute Gasteiger partial charge is 0.164 e. The number of fused-ring (bicyclic) bond motifs is 11. The van der Waals surface area contributed by atoms with Crippen molar-refractivity contribution >= 4 is 76.5 Å². The van der Waals surface area contributed by atoms with Crippen molar-refractivity contribution in [1.29, 1.82) is 0 Å². The molecule has 0 saturated heterocycles. The van der Waals surface area contributed by atoms with Crippen LogP contribution in [0.2, 0.25) is 0 Å². The lowest BCUT2D eigenvalue weighted by molar-refractivity contribution is 0.669. The Bertz CT molecular complexity index is 3900. The van der Waals surface area contributed by atoms with Crippen LogP contribution in [-0.2, 0) is 0 Å². The average Bonchev–Trinajstić information content (AvgIpc) is 4.01. The minimum atomic E-state index is 0.571. The summed E-state index contributed by atoms with van der Waals surface area (Å²) in [6, 6.07) is 67.4. The van der Waals surface area contributed by atoms with Gasteiger partial charge < -0.3 is 13.4 Å². The first-order chi connectivity index (χ1) is 30.2. The van der Waals surface area contributed by atoms with E-state index in [4.69, 9.17) is 23.8 Å². The first-order valence-corrected chi connectivity index (χ1v) is 20.4. The van der Waals surface area contributed by atoms with E-state index in [2.05, 4.69) is 132 Å². The molecular weight excluding hydrogens is 749 g/mol. The first kappa shape index (κ1) is 33.6. The van der Waals surface area contributed by atoms with E-state index in [1.165, 1.54) is 16.2 Å². The third kappa shape index (κ3) is 5.19. The first-order valence-electron chi connectivity index (χ1n) is 20.4. The molecule has 0 aliphatic heterocycles. The van der Waals surface area contributed by atoms with Gasteiger partial charge in [0.1, 0.15) is 22.3 Å². The third-order valence-electron chi connectivity index (χ3n) is 12.0. The predicted molar refractivity (Wildman–Crippen MR) is 248 cm³/mol. The van der Waals surface area contributed by atoms with E-state index in [-0.39, 0.29) is 0 Å². The number of para-hydroxylation sites is 4. The molecule has 6 heteroatoms. The van der Waals surface area contributed by atoms with Crippen LogP contribution in [0.4, 0.5) is 0 Å². The highest BCUT2D eigenvalue weighted by molar-refractivity contribution is 6.24. The Balaban J connectivity index is 1.05. The van der Waals surface area contributed by atoms with Crippen molar-refractivity contribution in [2.45, 2.75) is 0 Å². The van der Waals surface area contributed by atoms with Gasteiger partial charge in [-0.15, -0.1) is 0 Å². The molecule has 0 spiro atoms. The summed E-state index contributed by atoms with van der Waals surface area (Å²) in [5.41, 5.74) is 11.3. The molecule has 4 aromatic heterocycles. The standard InChI is InChI=1S/C55H32N4O2/c1-2-14-34(15-3-1)53-56-54(58-55(57-53)36-27-29-41-39-19-6-8-25-47(39)60-49(41)32-36)35-16-10-17-37(31-35)59-46-30-28-33-13-4-5-18-38(33)50(46)45-24-11-21-42(51(45)59)44-23-12-22-43-40-20-7-9-26-48(40)61-52(43)44/h1-32H. The van der Waals surface area contributed by atoms with E-state index >= 15 is 0 Å². The van der Waals surface area contributed by atoms with Gasteiger partial charge in [-0.3, -0.25) is 0 Å². The third-order valence-corrected chi connectivity index (χ3v) is 12.0. The molecule has 0 saturated carbocycles. The molecule has 0 bridgehead atoms. The number of benzene rings is 9. The zero-order valence-electron chi connectivity index (χ0n) is 32.6. The van der Waals surface area contributed by atoms with Gasteiger partial charge in [-0.05, 0) is 53.2 Å². The lowest BCUT2D eigenvalue weighted by Crippen LogP contribution is -2.01. The van der Waals surface area contributed by atoms with Crippen molar-refractivity contribution in [3.63, 3.8) is 0 Å². The number of hydrogen-bond acceptors (Lipinski definition) is 5. The SMILES string of the molecule is c1ccc(-c2nc(-c3cccc(-n4c5ccc6ccccc6c5c5cccc(-c6cccc7c6oc6ccccc67)c54)c3)nc(-c3ccc4c(c3)oc3ccccc34)n2)cc1. The molecule has 0 N–H and O–H groups in total. The monoisotopic (exact) mass is 780 g/mol. The fourth-order valence-corrected chi connectivity index (χ4v) is 9.28. The number of hydrogen-bond donors (Lipinski definition) is 0. The molecule has 0 aliphatic carbocycles. The second-order valence-electron chi connectivity index (χ2n) is 15.5. The molecule has 9 aromatic carbocycles.